The van der Waals surface area contributed by atoms with Crippen LogP contribution in [-0.4, -0.2) is 13.7 Å². The van der Waals surface area contributed by atoms with E-state index in [4.69, 9.17) is 23.2 Å². The molecule has 0 amide bonds. The lowest BCUT2D eigenvalue weighted by molar-refractivity contribution is -0.383. The van der Waals surface area contributed by atoms with Gasteiger partial charge in [0.15, 0.2) is 10.0 Å². The molecule has 2 rings (SSSR count). The molecule has 0 saturated heterocycles. The molecule has 1 atom stereocenters. The van der Waals surface area contributed by atoms with Crippen molar-refractivity contribution < 1.29 is 26.9 Å². The van der Waals surface area contributed by atoms with Crippen molar-refractivity contribution in [1.82, 2.24) is 0 Å². The lowest BCUT2D eigenvalue weighted by atomic mass is 10.2. The van der Waals surface area contributed by atoms with E-state index >= 15 is 0 Å². The van der Waals surface area contributed by atoms with E-state index in [2.05, 4.69) is 0 Å². The van der Waals surface area contributed by atoms with Crippen LogP contribution in [0.1, 0.15) is 5.56 Å². The molecule has 1 unspecified atom stereocenters. The first kappa shape index (κ1) is 18.9. The molecule has 13 heteroatoms. The maximum atomic E-state index is 12.6. The van der Waals surface area contributed by atoms with Gasteiger partial charge in [-0.05, 0) is 24.3 Å². The smallest absolute Gasteiger partial charge is 0.416 e. The third-order valence-corrected chi connectivity index (χ3v) is 5.00. The second-order valence-electron chi connectivity index (χ2n) is 4.16. The zero-order valence-corrected chi connectivity index (χ0v) is 14.2. The lowest BCUT2D eigenvalue weighted by Crippen LogP contribution is -2.20. The molecule has 0 bridgehead atoms. The number of hydrogen-bond acceptors (Lipinski definition) is 5. The quantitative estimate of drug-likeness (QED) is 0.400. The normalized spacial score (nSPS) is 12.9. The Kier molecular flexibility index (Phi) is 5.40. The Morgan fingerprint density at radius 3 is 2.12 bits per heavy atom. The van der Waals surface area contributed by atoms with Crippen LogP contribution in [0.15, 0.2) is 24.3 Å². The highest BCUT2D eigenvalue weighted by Crippen LogP contribution is 2.50. The van der Waals surface area contributed by atoms with Gasteiger partial charge >= 0.3 is 11.9 Å². The summed E-state index contributed by atoms with van der Waals surface area (Å²) < 4.78 is 60.5. The minimum absolute atomic E-state index is 0.268. The Balaban J connectivity index is 2.61. The van der Waals surface area contributed by atoms with E-state index in [0.29, 0.717) is 27.8 Å². The second-order valence-corrected chi connectivity index (χ2v) is 7.18. The predicted molar refractivity (Wildman–Crippen MR) is 83.5 cm³/mol. The molecule has 0 fully saturated rings. The van der Waals surface area contributed by atoms with Crippen molar-refractivity contribution in [2.45, 2.75) is 6.18 Å². The zero-order chi connectivity index (χ0) is 18.2. The maximum Gasteiger partial charge on any atom is 0.416 e. The Labute approximate surface area is 149 Å². The van der Waals surface area contributed by atoms with Gasteiger partial charge in [0.1, 0.15) is 4.34 Å². The fraction of sp³-hybridized carbons (Fsp3) is 0.0909. The highest BCUT2D eigenvalue weighted by Gasteiger charge is 2.33. The van der Waals surface area contributed by atoms with E-state index in [-0.39, 0.29) is 14.4 Å². The first-order valence-corrected chi connectivity index (χ1v) is 8.33. The summed E-state index contributed by atoms with van der Waals surface area (Å²) in [6.07, 6.45) is -4.62. The molecule has 130 valence electrons. The Hall–Kier alpha value is -1.40. The minimum atomic E-state index is -4.62. The molecular weight excluding hydrogens is 416 g/mol. The number of nitrogens with zero attached hydrogens (tertiary/aromatic N) is 2. The fourth-order valence-corrected chi connectivity index (χ4v) is 4.12. The fourth-order valence-electron chi connectivity index (χ4n) is 1.77. The van der Waals surface area contributed by atoms with Gasteiger partial charge in [0, 0.05) is 0 Å². The molecule has 6 nitrogen and oxygen atoms in total. The highest BCUT2D eigenvalue weighted by atomic mass is 35.5. The number of alkyl halides is 3. The topological polar surface area (TPSA) is 86.5 Å². The largest absolute Gasteiger partial charge is 0.755 e. The summed E-state index contributed by atoms with van der Waals surface area (Å²) in [6, 6.07) is 2.99. The van der Waals surface area contributed by atoms with Crippen LogP contribution in [0.25, 0.3) is 0 Å². The minimum Gasteiger partial charge on any atom is -0.755 e. The van der Waals surface area contributed by atoms with E-state index in [1.807, 2.05) is 0 Å². The summed E-state index contributed by atoms with van der Waals surface area (Å²) in [6.45, 7) is 0. The van der Waals surface area contributed by atoms with Crippen molar-refractivity contribution in [3.05, 3.63) is 48.6 Å². The maximum absolute atomic E-state index is 12.6. The Morgan fingerprint density at radius 2 is 1.71 bits per heavy atom. The van der Waals surface area contributed by atoms with Gasteiger partial charge in [0.05, 0.1) is 27.4 Å². The van der Waals surface area contributed by atoms with E-state index in [1.165, 1.54) is 0 Å². The standard InChI is InChI=1S/C11H5Cl2F3N2O4S2/c12-9-7(8(18(19)20)10(13)23-9)17(24(21)22)6-3-1-5(2-4-6)11(14,15)16/h1-4H,(H,21,22)/p-1. The number of hydrogen-bond donors (Lipinski definition) is 0. The van der Waals surface area contributed by atoms with Crippen molar-refractivity contribution in [1.29, 1.82) is 0 Å². The first-order valence-electron chi connectivity index (χ1n) is 5.73. The van der Waals surface area contributed by atoms with Crippen LogP contribution in [0.3, 0.4) is 0 Å². The summed E-state index contributed by atoms with van der Waals surface area (Å²) in [5.41, 5.74) is -2.57. The van der Waals surface area contributed by atoms with Gasteiger partial charge in [-0.3, -0.25) is 18.6 Å². The molecule has 24 heavy (non-hydrogen) atoms. The van der Waals surface area contributed by atoms with Crippen LogP contribution < -0.4 is 4.31 Å². The molecule has 1 heterocycles. The average molecular weight is 420 g/mol. The molecular formula is C11H4Cl2F3N2O4S2-. The average Bonchev–Trinajstić information content (AvgIpc) is 2.73. The van der Waals surface area contributed by atoms with E-state index in [0.717, 1.165) is 12.1 Å². The van der Waals surface area contributed by atoms with Gasteiger partial charge in [0.25, 0.3) is 0 Å². The second kappa shape index (κ2) is 6.84. The SMILES string of the molecule is O=[N+]([O-])c1c(Cl)sc(Cl)c1N(c1ccc(C(F)(F)F)cc1)S(=O)[O-]. The summed E-state index contributed by atoms with van der Waals surface area (Å²) in [5, 5.41) is 11.1. The summed E-state index contributed by atoms with van der Waals surface area (Å²) >= 11 is 8.97. The number of anilines is 2. The monoisotopic (exact) mass is 419 g/mol. The van der Waals surface area contributed by atoms with Crippen LogP contribution in [0.4, 0.5) is 30.2 Å². The zero-order valence-electron chi connectivity index (χ0n) is 11.0. The lowest BCUT2D eigenvalue weighted by Gasteiger charge is -2.25. The Bertz CT molecular complexity index is 811. The van der Waals surface area contributed by atoms with E-state index < -0.39 is 39.3 Å². The van der Waals surface area contributed by atoms with Crippen LogP contribution >= 0.6 is 34.5 Å². The van der Waals surface area contributed by atoms with Crippen molar-refractivity contribution in [3.63, 3.8) is 0 Å². The van der Waals surface area contributed by atoms with Gasteiger partial charge in [-0.2, -0.15) is 13.2 Å². The summed E-state index contributed by atoms with van der Waals surface area (Å²) in [4.78, 5) is 10.2. The van der Waals surface area contributed by atoms with Gasteiger partial charge < -0.3 is 4.55 Å². The van der Waals surface area contributed by atoms with Crippen molar-refractivity contribution in [2.75, 3.05) is 4.31 Å². The van der Waals surface area contributed by atoms with Crippen molar-refractivity contribution in [2.24, 2.45) is 0 Å². The van der Waals surface area contributed by atoms with Crippen LogP contribution in [0, 0.1) is 10.1 Å². The number of rotatable bonds is 4. The molecule has 0 spiro atoms. The van der Waals surface area contributed by atoms with Gasteiger partial charge in [0.2, 0.25) is 0 Å². The van der Waals surface area contributed by atoms with Gasteiger partial charge in [-0.1, -0.05) is 23.2 Å². The molecule has 0 aliphatic carbocycles. The molecule has 0 saturated carbocycles. The highest BCUT2D eigenvalue weighted by molar-refractivity contribution is 7.81. The van der Waals surface area contributed by atoms with E-state index in [9.17, 15) is 32.0 Å². The Morgan fingerprint density at radius 1 is 1.17 bits per heavy atom. The van der Waals surface area contributed by atoms with Gasteiger partial charge in [-0.25, -0.2) is 0 Å². The van der Waals surface area contributed by atoms with Gasteiger partial charge in [-0.15, -0.1) is 11.3 Å². The summed E-state index contributed by atoms with van der Waals surface area (Å²) in [5.74, 6) is 0. The number of halogens is 5. The number of benzene rings is 1. The van der Waals surface area contributed by atoms with Crippen molar-refractivity contribution in [3.8, 4) is 0 Å². The number of nitro groups is 1. The first-order chi connectivity index (χ1) is 11.0. The summed E-state index contributed by atoms with van der Waals surface area (Å²) in [7, 11) is 0. The molecule has 1 aromatic carbocycles. The van der Waals surface area contributed by atoms with E-state index in [1.54, 1.807) is 0 Å². The third-order valence-electron chi connectivity index (χ3n) is 2.74. The van der Waals surface area contributed by atoms with Crippen LogP contribution in [-0.2, 0) is 17.4 Å². The predicted octanol–water partition coefficient (Wildman–Crippen LogP) is 4.91. The molecule has 2 aromatic rings. The third kappa shape index (κ3) is 3.64. The van der Waals surface area contributed by atoms with Crippen molar-refractivity contribution >= 4 is 62.9 Å². The molecule has 1 aromatic heterocycles. The molecule has 0 aliphatic rings. The molecule has 0 radical (unpaired) electrons. The molecule has 0 N–H and O–H groups in total. The number of thiophene rings is 1. The van der Waals surface area contributed by atoms with Crippen LogP contribution in [0.2, 0.25) is 8.67 Å². The molecule has 0 aliphatic heterocycles. The van der Waals surface area contributed by atoms with Crippen LogP contribution in [0.5, 0.6) is 0 Å².